The second-order valence-corrected chi connectivity index (χ2v) is 16.0. The molecule has 0 radical (unpaired) electrons. The van der Waals surface area contributed by atoms with Gasteiger partial charge in [-0.25, -0.2) is 0 Å². The van der Waals surface area contributed by atoms with E-state index < -0.39 is 6.00 Å². The average molecular weight is 430 g/mol. The third-order valence-corrected chi connectivity index (χ3v) is 7.06. The molecular formula is C18H28Cl4OSi. The van der Waals surface area contributed by atoms with E-state index in [1.54, 1.807) is 7.11 Å². The zero-order valence-corrected chi connectivity index (χ0v) is 18.5. The van der Waals surface area contributed by atoms with Gasteiger partial charge in [0.2, 0.25) is 0 Å². The van der Waals surface area contributed by atoms with E-state index in [2.05, 4.69) is 6.07 Å². The molecule has 0 heterocycles. The molecule has 0 N–H and O–H groups in total. The Morgan fingerprint density at radius 1 is 0.833 bits per heavy atom. The van der Waals surface area contributed by atoms with Gasteiger partial charge >= 0.3 is 6.00 Å². The largest absolute Gasteiger partial charge is 0.495 e. The number of halogens is 4. The molecule has 1 aromatic carbocycles. The Bertz CT molecular complexity index is 463. The van der Waals surface area contributed by atoms with Gasteiger partial charge in [0, 0.05) is 0 Å². The lowest BCUT2D eigenvalue weighted by molar-refractivity contribution is 0.415. The van der Waals surface area contributed by atoms with Gasteiger partial charge in [0.25, 0.3) is 0 Å². The Labute approximate surface area is 167 Å². The van der Waals surface area contributed by atoms with Crippen molar-refractivity contribution in [3.8, 4) is 5.75 Å². The van der Waals surface area contributed by atoms with E-state index in [0.717, 1.165) is 24.6 Å². The molecule has 1 aromatic rings. The summed E-state index contributed by atoms with van der Waals surface area (Å²) >= 11 is 23.7. The average Bonchev–Trinajstić information content (AvgIpc) is 2.51. The fourth-order valence-corrected chi connectivity index (χ4v) is 4.89. The van der Waals surface area contributed by atoms with E-state index in [4.69, 9.17) is 49.6 Å². The van der Waals surface area contributed by atoms with Gasteiger partial charge in [0.05, 0.1) is 12.1 Å². The smallest absolute Gasteiger partial charge is 0.341 e. The SMILES string of the molecule is COc1ccc(CCCCCCCCCCC[Si](Cl)(Cl)Cl)cc1Cl. The van der Waals surface area contributed by atoms with Crippen molar-refractivity contribution >= 4 is 50.8 Å². The fourth-order valence-electron chi connectivity index (χ4n) is 2.76. The molecule has 1 nitrogen and oxygen atoms in total. The van der Waals surface area contributed by atoms with Crippen LogP contribution in [0.4, 0.5) is 0 Å². The van der Waals surface area contributed by atoms with Crippen LogP contribution in [0.2, 0.25) is 11.1 Å². The Kier molecular flexibility index (Phi) is 11.9. The maximum Gasteiger partial charge on any atom is 0.341 e. The van der Waals surface area contributed by atoms with E-state index in [-0.39, 0.29) is 0 Å². The molecule has 0 fully saturated rings. The summed E-state index contributed by atoms with van der Waals surface area (Å²) in [5.41, 5.74) is 1.29. The number of unbranched alkanes of at least 4 members (excludes halogenated alkanes) is 8. The lowest BCUT2D eigenvalue weighted by Crippen LogP contribution is -2.07. The van der Waals surface area contributed by atoms with Crippen molar-refractivity contribution in [3.05, 3.63) is 28.8 Å². The molecule has 0 aliphatic rings. The van der Waals surface area contributed by atoms with E-state index in [1.807, 2.05) is 12.1 Å². The van der Waals surface area contributed by atoms with Crippen molar-refractivity contribution in [2.24, 2.45) is 0 Å². The molecule has 0 saturated carbocycles. The molecule has 0 atom stereocenters. The van der Waals surface area contributed by atoms with Crippen LogP contribution in [0, 0.1) is 0 Å². The zero-order valence-electron chi connectivity index (χ0n) is 14.4. The third-order valence-electron chi connectivity index (χ3n) is 4.14. The van der Waals surface area contributed by atoms with Crippen molar-refractivity contribution in [2.45, 2.75) is 70.3 Å². The van der Waals surface area contributed by atoms with Gasteiger partial charge < -0.3 is 4.74 Å². The first kappa shape index (κ1) is 22.4. The number of benzene rings is 1. The van der Waals surface area contributed by atoms with Gasteiger partial charge in [-0.15, -0.1) is 33.2 Å². The molecule has 138 valence electrons. The van der Waals surface area contributed by atoms with Crippen LogP contribution in [0.5, 0.6) is 5.75 Å². The summed E-state index contributed by atoms with van der Waals surface area (Å²) in [6, 6.07) is 4.48. The lowest BCUT2D eigenvalue weighted by atomic mass is 10.0. The Hall–Kier alpha value is 0.397. The number of hydrogen-bond acceptors (Lipinski definition) is 1. The molecule has 6 heteroatoms. The zero-order chi connectivity index (χ0) is 17.8. The van der Waals surface area contributed by atoms with Gasteiger partial charge in [0.15, 0.2) is 0 Å². The quantitative estimate of drug-likeness (QED) is 0.175. The van der Waals surface area contributed by atoms with Crippen LogP contribution in [-0.4, -0.2) is 13.1 Å². The predicted molar refractivity (Wildman–Crippen MR) is 111 cm³/mol. The summed E-state index contributed by atoms with van der Waals surface area (Å²) in [6.45, 7) is 0. The topological polar surface area (TPSA) is 9.23 Å². The van der Waals surface area contributed by atoms with Crippen LogP contribution < -0.4 is 4.74 Å². The van der Waals surface area contributed by atoms with Crippen molar-refractivity contribution in [1.82, 2.24) is 0 Å². The van der Waals surface area contributed by atoms with E-state index in [9.17, 15) is 0 Å². The van der Waals surface area contributed by atoms with Gasteiger partial charge in [-0.2, -0.15) is 0 Å². The number of ether oxygens (including phenoxy) is 1. The van der Waals surface area contributed by atoms with Gasteiger partial charge in [-0.1, -0.05) is 69.0 Å². The molecule has 0 aliphatic heterocycles. The standard InChI is InChI=1S/C18H28Cl4OSi/c1-23-18-13-12-16(15-17(18)19)11-9-7-5-3-2-4-6-8-10-14-24(20,21)22/h12-13,15H,2-11,14H2,1H3. The van der Waals surface area contributed by atoms with Crippen LogP contribution in [0.15, 0.2) is 18.2 Å². The van der Waals surface area contributed by atoms with Gasteiger partial charge in [-0.3, -0.25) is 0 Å². The van der Waals surface area contributed by atoms with Crippen LogP contribution >= 0.6 is 44.8 Å². The molecule has 0 aliphatic carbocycles. The van der Waals surface area contributed by atoms with Gasteiger partial charge in [-0.05, 0) is 36.6 Å². The maximum absolute atomic E-state index is 6.14. The van der Waals surface area contributed by atoms with Crippen LogP contribution in [0.25, 0.3) is 0 Å². The monoisotopic (exact) mass is 428 g/mol. The summed E-state index contributed by atoms with van der Waals surface area (Å²) in [5, 5.41) is 0.701. The highest BCUT2D eigenvalue weighted by molar-refractivity contribution is 7.64. The fraction of sp³-hybridized carbons (Fsp3) is 0.667. The van der Waals surface area contributed by atoms with Crippen molar-refractivity contribution < 1.29 is 4.74 Å². The lowest BCUT2D eigenvalue weighted by Gasteiger charge is -2.07. The van der Waals surface area contributed by atoms with Crippen molar-refractivity contribution in [2.75, 3.05) is 7.11 Å². The maximum atomic E-state index is 6.14. The summed E-state index contributed by atoms with van der Waals surface area (Å²) in [4.78, 5) is 0. The summed E-state index contributed by atoms with van der Waals surface area (Å²) in [6.07, 6.45) is 12.4. The second-order valence-electron chi connectivity index (χ2n) is 6.27. The van der Waals surface area contributed by atoms with Crippen LogP contribution in [-0.2, 0) is 6.42 Å². The van der Waals surface area contributed by atoms with E-state index in [1.165, 1.54) is 56.9 Å². The van der Waals surface area contributed by atoms with E-state index >= 15 is 0 Å². The van der Waals surface area contributed by atoms with Crippen molar-refractivity contribution in [3.63, 3.8) is 0 Å². The first-order valence-electron chi connectivity index (χ1n) is 8.81. The Morgan fingerprint density at radius 2 is 1.38 bits per heavy atom. The predicted octanol–water partition coefficient (Wildman–Crippen LogP) is 8.06. The van der Waals surface area contributed by atoms with Crippen molar-refractivity contribution in [1.29, 1.82) is 0 Å². The number of aryl methyl sites for hydroxylation is 1. The molecule has 1 rings (SSSR count). The highest BCUT2D eigenvalue weighted by Gasteiger charge is 2.23. The molecule has 0 saturated heterocycles. The molecular weight excluding hydrogens is 402 g/mol. The van der Waals surface area contributed by atoms with E-state index in [0.29, 0.717) is 5.02 Å². The third kappa shape index (κ3) is 11.1. The van der Waals surface area contributed by atoms with Crippen LogP contribution in [0.3, 0.4) is 0 Å². The minimum absolute atomic E-state index is 0.701. The molecule has 0 aromatic heterocycles. The first-order chi connectivity index (χ1) is 11.4. The minimum atomic E-state index is -2.38. The molecule has 0 amide bonds. The minimum Gasteiger partial charge on any atom is -0.495 e. The first-order valence-corrected chi connectivity index (χ1v) is 14.4. The summed E-state index contributed by atoms with van der Waals surface area (Å²) in [5.74, 6) is 0.747. The second kappa shape index (κ2) is 12.7. The highest BCUT2D eigenvalue weighted by atomic mass is 35.8. The number of hydrogen-bond donors (Lipinski definition) is 0. The Morgan fingerprint density at radius 3 is 1.88 bits per heavy atom. The summed E-state index contributed by atoms with van der Waals surface area (Å²) in [7, 11) is 1.64. The molecule has 24 heavy (non-hydrogen) atoms. The summed E-state index contributed by atoms with van der Waals surface area (Å²) < 4.78 is 5.17. The number of methoxy groups -OCH3 is 1. The van der Waals surface area contributed by atoms with Gasteiger partial charge in [0.1, 0.15) is 5.75 Å². The molecule has 0 bridgehead atoms. The van der Waals surface area contributed by atoms with Crippen LogP contribution in [0.1, 0.15) is 63.4 Å². The Balaban J connectivity index is 1.95. The number of rotatable bonds is 13. The normalized spacial score (nSPS) is 11.7. The molecule has 0 spiro atoms. The molecule has 0 unspecified atom stereocenters. The highest BCUT2D eigenvalue weighted by Crippen LogP contribution is 2.28.